The van der Waals surface area contributed by atoms with E-state index in [0.717, 1.165) is 36.7 Å². The largest absolute Gasteiger partial charge is 0.352 e. The smallest absolute Gasteiger partial charge is 0.132 e. The summed E-state index contributed by atoms with van der Waals surface area (Å²) in [5, 5.41) is 0. The van der Waals surface area contributed by atoms with Gasteiger partial charge in [-0.25, -0.2) is 9.97 Å². The summed E-state index contributed by atoms with van der Waals surface area (Å²) in [4.78, 5) is 14.1. The van der Waals surface area contributed by atoms with Crippen molar-refractivity contribution in [3.05, 3.63) is 17.6 Å². The summed E-state index contributed by atoms with van der Waals surface area (Å²) in [5.41, 5.74) is 1.15. The van der Waals surface area contributed by atoms with Gasteiger partial charge in [0.05, 0.1) is 0 Å². The second kappa shape index (κ2) is 5.87. The van der Waals surface area contributed by atoms with Gasteiger partial charge in [-0.3, -0.25) is 0 Å². The van der Waals surface area contributed by atoms with E-state index >= 15 is 0 Å². The van der Waals surface area contributed by atoms with E-state index in [4.69, 9.17) is 4.98 Å². The monoisotopic (exact) mass is 262 g/mol. The molecule has 0 amide bonds. The van der Waals surface area contributed by atoms with Crippen molar-refractivity contribution in [2.75, 3.05) is 25.5 Å². The Balaban J connectivity index is 2.27. The topological polar surface area (TPSA) is 32.3 Å². The van der Waals surface area contributed by atoms with Crippen LogP contribution in [0.1, 0.15) is 38.7 Å². The highest BCUT2D eigenvalue weighted by molar-refractivity contribution is 5.43. The minimum atomic E-state index is 0.513. The molecule has 2 heterocycles. The molecule has 0 N–H and O–H groups in total. The average Bonchev–Trinajstić information content (AvgIpc) is 2.80. The molecule has 4 heteroatoms. The first kappa shape index (κ1) is 14.3. The average molecular weight is 262 g/mol. The molecule has 19 heavy (non-hydrogen) atoms. The van der Waals surface area contributed by atoms with Crippen LogP contribution in [0.5, 0.6) is 0 Å². The van der Waals surface area contributed by atoms with Gasteiger partial charge in [-0.15, -0.1) is 0 Å². The number of hydrogen-bond acceptors (Lipinski definition) is 4. The lowest BCUT2D eigenvalue weighted by molar-refractivity contribution is 0.282. The second-order valence-electron chi connectivity index (χ2n) is 5.59. The summed E-state index contributed by atoms with van der Waals surface area (Å²) < 4.78 is 0. The molecular formula is C15H26N4. The van der Waals surface area contributed by atoms with E-state index in [1.165, 1.54) is 6.42 Å². The van der Waals surface area contributed by atoms with Crippen molar-refractivity contribution in [2.45, 2.75) is 52.1 Å². The lowest BCUT2D eigenvalue weighted by Crippen LogP contribution is -2.40. The lowest BCUT2D eigenvalue weighted by Gasteiger charge is -2.29. The molecule has 0 radical (unpaired) electrons. The maximum absolute atomic E-state index is 4.72. The highest BCUT2D eigenvalue weighted by Gasteiger charge is 2.33. The molecule has 1 aromatic heterocycles. The van der Waals surface area contributed by atoms with Crippen molar-refractivity contribution in [3.8, 4) is 0 Å². The molecule has 2 atom stereocenters. The van der Waals surface area contributed by atoms with Gasteiger partial charge in [-0.05, 0) is 33.9 Å². The summed E-state index contributed by atoms with van der Waals surface area (Å²) in [6.07, 6.45) is 3.09. The predicted molar refractivity (Wildman–Crippen MR) is 79.7 cm³/mol. The lowest BCUT2D eigenvalue weighted by atomic mass is 10.1. The molecule has 2 unspecified atom stereocenters. The molecule has 1 fully saturated rings. The third kappa shape index (κ3) is 2.89. The van der Waals surface area contributed by atoms with Crippen LogP contribution in [0.25, 0.3) is 0 Å². The molecule has 1 aliphatic rings. The van der Waals surface area contributed by atoms with Crippen LogP contribution in [0.3, 0.4) is 0 Å². The van der Waals surface area contributed by atoms with E-state index in [1.807, 2.05) is 0 Å². The summed E-state index contributed by atoms with van der Waals surface area (Å²) in [5.74, 6) is 2.08. The standard InChI is InChI=1S/C15H26N4/c1-6-12-10-15(17-14(7-2)16-12)19-9-8-13(11(19)3)18(4)5/h10-11,13H,6-9H2,1-5H3. The van der Waals surface area contributed by atoms with Gasteiger partial charge in [0.15, 0.2) is 0 Å². The van der Waals surface area contributed by atoms with E-state index in [2.05, 4.69) is 55.7 Å². The molecule has 0 spiro atoms. The van der Waals surface area contributed by atoms with Crippen molar-refractivity contribution >= 4 is 5.82 Å². The van der Waals surface area contributed by atoms with Crippen molar-refractivity contribution in [2.24, 2.45) is 0 Å². The number of aryl methyl sites for hydroxylation is 2. The third-order valence-corrected chi connectivity index (χ3v) is 4.16. The molecule has 4 nitrogen and oxygen atoms in total. The van der Waals surface area contributed by atoms with Crippen LogP contribution in [0.4, 0.5) is 5.82 Å². The van der Waals surface area contributed by atoms with Crippen LogP contribution in [-0.4, -0.2) is 47.6 Å². The van der Waals surface area contributed by atoms with Gasteiger partial charge < -0.3 is 9.80 Å². The van der Waals surface area contributed by atoms with Crippen LogP contribution in [0, 0.1) is 0 Å². The zero-order valence-corrected chi connectivity index (χ0v) is 12.8. The van der Waals surface area contributed by atoms with Crippen molar-refractivity contribution in [1.82, 2.24) is 14.9 Å². The van der Waals surface area contributed by atoms with E-state index in [9.17, 15) is 0 Å². The summed E-state index contributed by atoms with van der Waals surface area (Å²) in [6, 6.07) is 3.29. The first-order valence-corrected chi connectivity index (χ1v) is 7.36. The van der Waals surface area contributed by atoms with Gasteiger partial charge in [0.1, 0.15) is 11.6 Å². The van der Waals surface area contributed by atoms with Gasteiger partial charge in [-0.2, -0.15) is 0 Å². The second-order valence-corrected chi connectivity index (χ2v) is 5.59. The van der Waals surface area contributed by atoms with Crippen LogP contribution in [-0.2, 0) is 12.8 Å². The number of anilines is 1. The highest BCUT2D eigenvalue weighted by atomic mass is 15.3. The zero-order chi connectivity index (χ0) is 14.0. The zero-order valence-electron chi connectivity index (χ0n) is 12.8. The van der Waals surface area contributed by atoms with Gasteiger partial charge in [0, 0.05) is 36.8 Å². The Bertz CT molecular complexity index is 408. The summed E-state index contributed by atoms with van der Waals surface area (Å²) >= 11 is 0. The van der Waals surface area contributed by atoms with Crippen LogP contribution >= 0.6 is 0 Å². The van der Waals surface area contributed by atoms with Gasteiger partial charge in [-0.1, -0.05) is 13.8 Å². The van der Waals surface area contributed by atoms with E-state index < -0.39 is 0 Å². The van der Waals surface area contributed by atoms with E-state index in [0.29, 0.717) is 12.1 Å². The minimum Gasteiger partial charge on any atom is -0.352 e. The normalized spacial score (nSPS) is 23.4. The molecule has 2 rings (SSSR count). The number of rotatable bonds is 4. The maximum atomic E-state index is 4.72. The molecular weight excluding hydrogens is 236 g/mol. The summed E-state index contributed by atoms with van der Waals surface area (Å²) in [6.45, 7) is 7.67. The molecule has 0 aliphatic carbocycles. The molecule has 1 aliphatic heterocycles. The number of nitrogens with zero attached hydrogens (tertiary/aromatic N) is 4. The molecule has 1 aromatic rings. The molecule has 0 aromatic carbocycles. The van der Waals surface area contributed by atoms with Crippen molar-refractivity contribution < 1.29 is 0 Å². The molecule has 1 saturated heterocycles. The number of aromatic nitrogens is 2. The third-order valence-electron chi connectivity index (χ3n) is 4.16. The Morgan fingerprint density at radius 3 is 2.53 bits per heavy atom. The Hall–Kier alpha value is -1.16. The van der Waals surface area contributed by atoms with Gasteiger partial charge >= 0.3 is 0 Å². The fraction of sp³-hybridized carbons (Fsp3) is 0.733. The number of hydrogen-bond donors (Lipinski definition) is 0. The number of likely N-dealkylation sites (N-methyl/N-ethyl adjacent to an activating group) is 1. The van der Waals surface area contributed by atoms with Crippen molar-refractivity contribution in [1.29, 1.82) is 0 Å². The SMILES string of the molecule is CCc1cc(N2CCC(N(C)C)C2C)nc(CC)n1. The molecule has 106 valence electrons. The maximum Gasteiger partial charge on any atom is 0.132 e. The fourth-order valence-electron chi connectivity index (χ4n) is 2.96. The highest BCUT2D eigenvalue weighted by Crippen LogP contribution is 2.26. The van der Waals surface area contributed by atoms with Crippen LogP contribution < -0.4 is 4.90 Å². The minimum absolute atomic E-state index is 0.513. The van der Waals surface area contributed by atoms with Crippen LogP contribution in [0.2, 0.25) is 0 Å². The first-order chi connectivity index (χ1) is 9.06. The Morgan fingerprint density at radius 2 is 2.00 bits per heavy atom. The Kier molecular flexibility index (Phi) is 4.40. The quantitative estimate of drug-likeness (QED) is 0.832. The molecule has 0 saturated carbocycles. The summed E-state index contributed by atoms with van der Waals surface area (Å²) in [7, 11) is 4.33. The van der Waals surface area contributed by atoms with Crippen molar-refractivity contribution in [3.63, 3.8) is 0 Å². The molecule has 0 bridgehead atoms. The van der Waals surface area contributed by atoms with E-state index in [1.54, 1.807) is 0 Å². The Morgan fingerprint density at radius 1 is 1.26 bits per heavy atom. The Labute approximate surface area is 116 Å². The predicted octanol–water partition coefficient (Wildman–Crippen LogP) is 2.13. The first-order valence-electron chi connectivity index (χ1n) is 7.36. The van der Waals surface area contributed by atoms with E-state index in [-0.39, 0.29) is 0 Å². The van der Waals surface area contributed by atoms with Gasteiger partial charge in [0.25, 0.3) is 0 Å². The van der Waals surface area contributed by atoms with Crippen LogP contribution in [0.15, 0.2) is 6.07 Å². The fourth-order valence-corrected chi connectivity index (χ4v) is 2.96. The van der Waals surface area contributed by atoms with Gasteiger partial charge in [0.2, 0.25) is 0 Å².